The molecule has 2 aromatic carbocycles. The van der Waals surface area contributed by atoms with Gasteiger partial charge in [0.15, 0.2) is 0 Å². The van der Waals surface area contributed by atoms with E-state index in [9.17, 15) is 9.59 Å². The molecule has 4 nitrogen and oxygen atoms in total. The van der Waals surface area contributed by atoms with Gasteiger partial charge in [-0.3, -0.25) is 14.5 Å². The molecule has 4 heteroatoms. The van der Waals surface area contributed by atoms with E-state index >= 15 is 0 Å². The molecule has 0 spiro atoms. The van der Waals surface area contributed by atoms with Crippen LogP contribution in [0, 0.1) is 11.3 Å². The Morgan fingerprint density at radius 1 is 1.04 bits per heavy atom. The minimum atomic E-state index is -0.257. The Bertz CT molecular complexity index is 799. The van der Waals surface area contributed by atoms with Gasteiger partial charge in [-0.2, -0.15) is 5.26 Å². The first-order valence-corrected chi connectivity index (χ1v) is 7.62. The zero-order chi connectivity index (χ0) is 16.4. The fraction of sp³-hybridized carbons (Fsp3) is 0.211. The normalized spacial score (nSPS) is 13.1. The van der Waals surface area contributed by atoms with Gasteiger partial charge in [-0.05, 0) is 35.7 Å². The van der Waals surface area contributed by atoms with E-state index in [2.05, 4.69) is 13.0 Å². The largest absolute Gasteiger partial charge is 0.270 e. The van der Waals surface area contributed by atoms with Crippen molar-refractivity contribution in [2.24, 2.45) is 0 Å². The second kappa shape index (κ2) is 6.05. The predicted octanol–water partition coefficient (Wildman–Crippen LogP) is 3.31. The number of amides is 2. The number of hydrogen-bond donors (Lipinski definition) is 0. The first-order valence-electron chi connectivity index (χ1n) is 7.62. The summed E-state index contributed by atoms with van der Waals surface area (Å²) < 4.78 is 0. The number of nitriles is 1. The van der Waals surface area contributed by atoms with Crippen LogP contribution < -0.4 is 0 Å². The van der Waals surface area contributed by atoms with Gasteiger partial charge >= 0.3 is 0 Å². The monoisotopic (exact) mass is 304 g/mol. The molecule has 1 aliphatic rings. The highest BCUT2D eigenvalue weighted by Crippen LogP contribution is 2.25. The fourth-order valence-corrected chi connectivity index (χ4v) is 2.90. The van der Waals surface area contributed by atoms with Gasteiger partial charge in [0.2, 0.25) is 0 Å². The quantitative estimate of drug-likeness (QED) is 0.814. The van der Waals surface area contributed by atoms with Gasteiger partial charge in [0, 0.05) is 0 Å². The van der Waals surface area contributed by atoms with Crippen LogP contribution in [0.25, 0.3) is 0 Å². The van der Waals surface area contributed by atoms with E-state index in [1.54, 1.807) is 36.4 Å². The minimum absolute atomic E-state index is 0.231. The number of aryl methyl sites for hydroxylation is 1. The molecular weight excluding hydrogens is 288 g/mol. The summed E-state index contributed by atoms with van der Waals surface area (Å²) in [5, 5.41) is 9.15. The summed E-state index contributed by atoms with van der Waals surface area (Å²) in [6, 6.07) is 14.5. The van der Waals surface area contributed by atoms with E-state index < -0.39 is 0 Å². The summed E-state index contributed by atoms with van der Waals surface area (Å²) in [7, 11) is 0. The number of hydrogen-bond acceptors (Lipinski definition) is 3. The number of nitrogens with zero attached hydrogens (tertiary/aromatic N) is 2. The minimum Gasteiger partial charge on any atom is -0.270 e. The van der Waals surface area contributed by atoms with Crippen LogP contribution in [0.5, 0.6) is 0 Å². The summed E-state index contributed by atoms with van der Waals surface area (Å²) >= 11 is 0. The van der Waals surface area contributed by atoms with E-state index in [0.717, 1.165) is 24.0 Å². The smallest absolute Gasteiger partial charge is 0.261 e. The van der Waals surface area contributed by atoms with Crippen LogP contribution in [0.3, 0.4) is 0 Å². The van der Waals surface area contributed by atoms with Crippen LogP contribution in [0.15, 0.2) is 42.5 Å². The maximum atomic E-state index is 12.4. The van der Waals surface area contributed by atoms with Crippen molar-refractivity contribution in [3.63, 3.8) is 0 Å². The van der Waals surface area contributed by atoms with Gasteiger partial charge in [-0.1, -0.05) is 37.6 Å². The second-order valence-electron chi connectivity index (χ2n) is 5.60. The molecular formula is C19H16N2O2. The number of carbonyl (C=O) groups excluding carboxylic acids is 2. The summed E-state index contributed by atoms with van der Waals surface area (Å²) in [6.45, 7) is 2.28. The molecule has 0 N–H and O–H groups in total. The van der Waals surface area contributed by atoms with E-state index in [-0.39, 0.29) is 18.4 Å². The van der Waals surface area contributed by atoms with Gasteiger partial charge in [0.25, 0.3) is 11.8 Å². The average molecular weight is 304 g/mol. The third-order valence-electron chi connectivity index (χ3n) is 4.03. The average Bonchev–Trinajstić information content (AvgIpc) is 2.81. The number of fused-ring (bicyclic) bond motifs is 1. The molecule has 0 aromatic heterocycles. The predicted molar refractivity (Wildman–Crippen MR) is 85.8 cm³/mol. The molecule has 0 aliphatic carbocycles. The molecule has 0 saturated heterocycles. The Morgan fingerprint density at radius 3 is 2.26 bits per heavy atom. The van der Waals surface area contributed by atoms with Crippen molar-refractivity contribution in [3.05, 3.63) is 70.3 Å². The Labute approximate surface area is 135 Å². The van der Waals surface area contributed by atoms with Crippen molar-refractivity contribution >= 4 is 11.8 Å². The van der Waals surface area contributed by atoms with Crippen molar-refractivity contribution in [1.82, 2.24) is 4.90 Å². The van der Waals surface area contributed by atoms with Gasteiger partial charge in [-0.15, -0.1) is 0 Å². The fourth-order valence-electron chi connectivity index (χ4n) is 2.90. The molecule has 2 amide bonds. The molecule has 0 atom stereocenters. The summed E-state index contributed by atoms with van der Waals surface area (Å²) in [5.74, 6) is -0.515. The first-order chi connectivity index (χ1) is 11.2. The Kier molecular flexibility index (Phi) is 3.94. The molecule has 1 heterocycles. The SMILES string of the molecule is CCCc1cc(CN2C(=O)c3ccccc3C2=O)ccc1C#N. The molecule has 0 bridgehead atoms. The van der Waals surface area contributed by atoms with Gasteiger partial charge in [0.05, 0.1) is 29.3 Å². The van der Waals surface area contributed by atoms with E-state index in [1.165, 1.54) is 4.90 Å². The zero-order valence-electron chi connectivity index (χ0n) is 12.9. The van der Waals surface area contributed by atoms with Crippen molar-refractivity contribution < 1.29 is 9.59 Å². The van der Waals surface area contributed by atoms with E-state index in [0.29, 0.717) is 16.7 Å². The van der Waals surface area contributed by atoms with Crippen molar-refractivity contribution in [2.75, 3.05) is 0 Å². The Hall–Kier alpha value is -2.93. The van der Waals surface area contributed by atoms with Gasteiger partial charge < -0.3 is 0 Å². The topological polar surface area (TPSA) is 61.2 Å². The van der Waals surface area contributed by atoms with Crippen LogP contribution in [-0.4, -0.2) is 16.7 Å². The first kappa shape index (κ1) is 15.0. The summed E-state index contributed by atoms with van der Waals surface area (Å²) in [5.41, 5.74) is 3.39. The lowest BCUT2D eigenvalue weighted by atomic mass is 10.0. The van der Waals surface area contributed by atoms with Crippen LogP contribution in [0.2, 0.25) is 0 Å². The lowest BCUT2D eigenvalue weighted by molar-refractivity contribution is 0.0642. The number of benzene rings is 2. The molecule has 2 aromatic rings. The van der Waals surface area contributed by atoms with Crippen molar-refractivity contribution in [1.29, 1.82) is 5.26 Å². The third kappa shape index (κ3) is 2.62. The second-order valence-corrected chi connectivity index (χ2v) is 5.60. The van der Waals surface area contributed by atoms with Crippen LogP contribution in [0.4, 0.5) is 0 Å². The van der Waals surface area contributed by atoms with Gasteiger partial charge in [-0.25, -0.2) is 0 Å². The molecule has 23 heavy (non-hydrogen) atoms. The number of imide groups is 1. The maximum absolute atomic E-state index is 12.4. The Balaban J connectivity index is 1.89. The van der Waals surface area contributed by atoms with Crippen molar-refractivity contribution in [2.45, 2.75) is 26.3 Å². The Morgan fingerprint density at radius 2 is 1.70 bits per heavy atom. The third-order valence-corrected chi connectivity index (χ3v) is 4.03. The van der Waals surface area contributed by atoms with E-state index in [1.807, 2.05) is 6.07 Å². The highest BCUT2D eigenvalue weighted by atomic mass is 16.2. The standard InChI is InChI=1S/C19H16N2O2/c1-2-5-14-10-13(8-9-15(14)11-20)12-21-18(22)16-6-3-4-7-17(16)19(21)23/h3-4,6-10H,2,5,12H2,1H3. The number of rotatable bonds is 4. The number of carbonyl (C=O) groups is 2. The lowest BCUT2D eigenvalue weighted by Gasteiger charge is -2.15. The van der Waals surface area contributed by atoms with Crippen molar-refractivity contribution in [3.8, 4) is 6.07 Å². The molecule has 114 valence electrons. The van der Waals surface area contributed by atoms with E-state index in [4.69, 9.17) is 5.26 Å². The highest BCUT2D eigenvalue weighted by Gasteiger charge is 2.34. The molecule has 1 aliphatic heterocycles. The molecule has 0 unspecified atom stereocenters. The highest BCUT2D eigenvalue weighted by molar-refractivity contribution is 6.21. The maximum Gasteiger partial charge on any atom is 0.261 e. The van der Waals surface area contributed by atoms with Crippen LogP contribution in [0.1, 0.15) is 50.8 Å². The van der Waals surface area contributed by atoms with Crippen LogP contribution >= 0.6 is 0 Å². The molecule has 0 radical (unpaired) electrons. The lowest BCUT2D eigenvalue weighted by Crippen LogP contribution is -2.29. The molecule has 0 saturated carbocycles. The summed E-state index contributed by atoms with van der Waals surface area (Å²) in [6.07, 6.45) is 1.74. The van der Waals surface area contributed by atoms with Gasteiger partial charge in [0.1, 0.15) is 0 Å². The zero-order valence-corrected chi connectivity index (χ0v) is 12.9. The summed E-state index contributed by atoms with van der Waals surface area (Å²) in [4.78, 5) is 26.1. The molecule has 0 fully saturated rings. The van der Waals surface area contributed by atoms with Crippen LogP contribution in [-0.2, 0) is 13.0 Å². The molecule has 3 rings (SSSR count).